The number of aliphatic carboxylic acids is 1. The standard InChI is InChI=1S/C14H18N4O3/c1-7-6-8(2)18-12(15-7)11(9(3)16-18)13(19)17(5)10(4)14(20)21/h6,10H,1-5H3,(H,20,21). The average Bonchev–Trinajstić information content (AvgIpc) is 2.72. The Morgan fingerprint density at radius 1 is 1.33 bits per heavy atom. The number of rotatable bonds is 3. The molecule has 1 N–H and O–H groups in total. The number of nitrogens with zero attached hydrogens (tertiary/aromatic N) is 4. The van der Waals surface area contributed by atoms with Crippen molar-refractivity contribution in [3.8, 4) is 0 Å². The molecule has 0 aliphatic rings. The van der Waals surface area contributed by atoms with Crippen molar-refractivity contribution in [2.75, 3.05) is 7.05 Å². The van der Waals surface area contributed by atoms with Crippen LogP contribution in [0.4, 0.5) is 0 Å². The Balaban J connectivity index is 2.58. The van der Waals surface area contributed by atoms with Gasteiger partial charge in [0.1, 0.15) is 11.6 Å². The van der Waals surface area contributed by atoms with Crippen molar-refractivity contribution >= 4 is 17.5 Å². The van der Waals surface area contributed by atoms with Crippen molar-refractivity contribution in [1.82, 2.24) is 19.5 Å². The van der Waals surface area contributed by atoms with Crippen molar-refractivity contribution in [2.24, 2.45) is 0 Å². The van der Waals surface area contributed by atoms with Crippen molar-refractivity contribution in [3.05, 3.63) is 28.7 Å². The fourth-order valence-electron chi connectivity index (χ4n) is 2.20. The third-order valence-electron chi connectivity index (χ3n) is 3.54. The molecule has 1 atom stereocenters. The highest BCUT2D eigenvalue weighted by atomic mass is 16.4. The molecular formula is C14H18N4O3. The molecule has 7 nitrogen and oxygen atoms in total. The van der Waals surface area contributed by atoms with Crippen LogP contribution in [0.3, 0.4) is 0 Å². The van der Waals surface area contributed by atoms with E-state index >= 15 is 0 Å². The monoisotopic (exact) mass is 290 g/mol. The summed E-state index contributed by atoms with van der Waals surface area (Å²) < 4.78 is 1.61. The highest BCUT2D eigenvalue weighted by Crippen LogP contribution is 2.18. The van der Waals surface area contributed by atoms with Gasteiger partial charge >= 0.3 is 5.97 Å². The van der Waals surface area contributed by atoms with Crippen molar-refractivity contribution in [2.45, 2.75) is 33.7 Å². The molecule has 7 heteroatoms. The average molecular weight is 290 g/mol. The second kappa shape index (κ2) is 5.16. The molecule has 0 saturated carbocycles. The lowest BCUT2D eigenvalue weighted by molar-refractivity contribution is -0.141. The maximum Gasteiger partial charge on any atom is 0.326 e. The van der Waals surface area contributed by atoms with Crippen LogP contribution in [0, 0.1) is 20.8 Å². The molecule has 1 amide bonds. The molecule has 112 valence electrons. The number of carboxylic acid groups (broad SMARTS) is 1. The fourth-order valence-corrected chi connectivity index (χ4v) is 2.20. The lowest BCUT2D eigenvalue weighted by atomic mass is 10.2. The quantitative estimate of drug-likeness (QED) is 0.917. The lowest BCUT2D eigenvalue weighted by Crippen LogP contribution is -2.40. The van der Waals surface area contributed by atoms with E-state index in [1.807, 2.05) is 19.9 Å². The van der Waals surface area contributed by atoms with Crippen LogP contribution in [-0.2, 0) is 4.79 Å². The lowest BCUT2D eigenvalue weighted by Gasteiger charge is -2.21. The van der Waals surface area contributed by atoms with Gasteiger partial charge < -0.3 is 10.0 Å². The van der Waals surface area contributed by atoms with E-state index in [4.69, 9.17) is 5.11 Å². The van der Waals surface area contributed by atoms with Gasteiger partial charge in [0, 0.05) is 18.4 Å². The van der Waals surface area contributed by atoms with Gasteiger partial charge in [0.2, 0.25) is 0 Å². The second-order valence-electron chi connectivity index (χ2n) is 5.16. The van der Waals surface area contributed by atoms with Gasteiger partial charge in [-0.3, -0.25) is 4.79 Å². The summed E-state index contributed by atoms with van der Waals surface area (Å²) in [4.78, 5) is 29.2. The van der Waals surface area contributed by atoms with Crippen LogP contribution in [0.25, 0.3) is 5.65 Å². The van der Waals surface area contributed by atoms with Gasteiger partial charge in [-0.2, -0.15) is 5.10 Å². The summed E-state index contributed by atoms with van der Waals surface area (Å²) in [5.41, 5.74) is 2.99. The van der Waals surface area contributed by atoms with Gasteiger partial charge in [0.05, 0.1) is 5.69 Å². The predicted octanol–water partition coefficient (Wildman–Crippen LogP) is 1.20. The van der Waals surface area contributed by atoms with Gasteiger partial charge in [-0.1, -0.05) is 0 Å². The topological polar surface area (TPSA) is 87.8 Å². The molecule has 0 radical (unpaired) electrons. The maximum atomic E-state index is 12.6. The first-order valence-electron chi connectivity index (χ1n) is 6.57. The van der Waals surface area contributed by atoms with Crippen molar-refractivity contribution in [3.63, 3.8) is 0 Å². The summed E-state index contributed by atoms with van der Waals surface area (Å²) in [5.74, 6) is -1.45. The SMILES string of the molecule is Cc1cc(C)n2nc(C)c(C(=O)N(C)C(C)C(=O)O)c2n1. The predicted molar refractivity (Wildman–Crippen MR) is 76.4 cm³/mol. The summed E-state index contributed by atoms with van der Waals surface area (Å²) in [7, 11) is 1.46. The number of aromatic nitrogens is 3. The Hall–Kier alpha value is -2.44. The minimum Gasteiger partial charge on any atom is -0.480 e. The molecule has 0 aromatic carbocycles. The first-order valence-corrected chi connectivity index (χ1v) is 6.57. The van der Waals surface area contributed by atoms with Crippen LogP contribution in [0.15, 0.2) is 6.07 Å². The summed E-state index contributed by atoms with van der Waals surface area (Å²) in [6, 6.07) is 0.954. The van der Waals surface area contributed by atoms with Crippen LogP contribution < -0.4 is 0 Å². The van der Waals surface area contributed by atoms with E-state index in [1.165, 1.54) is 18.9 Å². The Bertz CT molecular complexity index is 735. The number of carbonyl (C=O) groups is 2. The number of carbonyl (C=O) groups excluding carboxylic acids is 1. The van der Waals surface area contributed by atoms with E-state index < -0.39 is 17.9 Å². The van der Waals surface area contributed by atoms with E-state index in [-0.39, 0.29) is 0 Å². The van der Waals surface area contributed by atoms with Gasteiger partial charge in [0.15, 0.2) is 5.65 Å². The molecule has 0 saturated heterocycles. The van der Waals surface area contributed by atoms with Crippen molar-refractivity contribution < 1.29 is 14.7 Å². The zero-order chi connectivity index (χ0) is 15.9. The van der Waals surface area contributed by atoms with Crippen LogP contribution in [0.5, 0.6) is 0 Å². The van der Waals surface area contributed by atoms with E-state index in [0.717, 1.165) is 11.4 Å². The Kier molecular flexibility index (Phi) is 3.67. The van der Waals surface area contributed by atoms with E-state index in [2.05, 4.69) is 10.1 Å². The molecule has 0 aliphatic heterocycles. The summed E-state index contributed by atoms with van der Waals surface area (Å²) in [6.07, 6.45) is 0. The summed E-state index contributed by atoms with van der Waals surface area (Å²) >= 11 is 0. The minimum atomic E-state index is -1.06. The van der Waals surface area contributed by atoms with Crippen LogP contribution in [0.2, 0.25) is 0 Å². The molecule has 0 bridgehead atoms. The summed E-state index contributed by atoms with van der Waals surface area (Å²) in [5, 5.41) is 13.4. The first-order chi connectivity index (χ1) is 9.73. The molecule has 2 rings (SSSR count). The van der Waals surface area contributed by atoms with Crippen LogP contribution in [0.1, 0.15) is 34.4 Å². The number of hydrogen-bond acceptors (Lipinski definition) is 4. The molecule has 21 heavy (non-hydrogen) atoms. The van der Waals surface area contributed by atoms with Gasteiger partial charge in [-0.05, 0) is 33.8 Å². The smallest absolute Gasteiger partial charge is 0.326 e. The summed E-state index contributed by atoms with van der Waals surface area (Å²) in [6.45, 7) is 6.90. The molecule has 0 aliphatic carbocycles. The molecule has 2 aromatic heterocycles. The van der Waals surface area contributed by atoms with Gasteiger partial charge in [-0.25, -0.2) is 14.3 Å². The Labute approximate surface area is 122 Å². The number of carboxylic acids is 1. The van der Waals surface area contributed by atoms with Crippen molar-refractivity contribution in [1.29, 1.82) is 0 Å². The molecule has 0 fully saturated rings. The Morgan fingerprint density at radius 3 is 2.52 bits per heavy atom. The molecule has 0 spiro atoms. The van der Waals surface area contributed by atoms with E-state index in [0.29, 0.717) is 16.9 Å². The zero-order valence-electron chi connectivity index (χ0n) is 12.7. The molecular weight excluding hydrogens is 272 g/mol. The number of fused-ring (bicyclic) bond motifs is 1. The third kappa shape index (κ3) is 2.46. The maximum absolute atomic E-state index is 12.6. The highest BCUT2D eigenvalue weighted by Gasteiger charge is 2.27. The minimum absolute atomic E-state index is 0.345. The molecule has 2 aromatic rings. The van der Waals surface area contributed by atoms with Gasteiger partial charge in [-0.15, -0.1) is 0 Å². The number of hydrogen-bond donors (Lipinski definition) is 1. The molecule has 2 heterocycles. The largest absolute Gasteiger partial charge is 0.480 e. The Morgan fingerprint density at radius 2 is 1.95 bits per heavy atom. The molecule has 1 unspecified atom stereocenters. The van der Waals surface area contributed by atoms with Crippen LogP contribution >= 0.6 is 0 Å². The highest BCUT2D eigenvalue weighted by molar-refractivity contribution is 6.02. The van der Waals surface area contributed by atoms with E-state index in [1.54, 1.807) is 11.4 Å². The zero-order valence-corrected chi connectivity index (χ0v) is 12.7. The van der Waals surface area contributed by atoms with E-state index in [9.17, 15) is 9.59 Å². The number of amides is 1. The number of likely N-dealkylation sites (N-methyl/N-ethyl adjacent to an activating group) is 1. The first kappa shape index (κ1) is 15.0. The fraction of sp³-hybridized carbons (Fsp3) is 0.429. The second-order valence-corrected chi connectivity index (χ2v) is 5.16. The van der Waals surface area contributed by atoms with Crippen LogP contribution in [-0.4, -0.2) is 49.6 Å². The number of aryl methyl sites for hydroxylation is 3. The normalized spacial score (nSPS) is 12.4. The third-order valence-corrected chi connectivity index (χ3v) is 3.54. The van der Waals surface area contributed by atoms with Gasteiger partial charge in [0.25, 0.3) is 5.91 Å².